The van der Waals surface area contributed by atoms with E-state index >= 15 is 0 Å². The van der Waals surface area contributed by atoms with Gasteiger partial charge < -0.3 is 0 Å². The van der Waals surface area contributed by atoms with Crippen LogP contribution < -0.4 is 0 Å². The summed E-state index contributed by atoms with van der Waals surface area (Å²) in [4.78, 5) is 11.6. The molecule has 0 atom stereocenters. The van der Waals surface area contributed by atoms with Crippen LogP contribution >= 0.6 is 0 Å². The number of ketones is 1. The lowest BCUT2D eigenvalue weighted by molar-refractivity contribution is -0.116. The van der Waals surface area contributed by atoms with Gasteiger partial charge in [0.1, 0.15) is 5.82 Å². The van der Waals surface area contributed by atoms with Gasteiger partial charge >= 0.3 is 0 Å². The van der Waals surface area contributed by atoms with Gasteiger partial charge in [0.25, 0.3) is 0 Å². The molecular formula is C16H17FO. The molecule has 0 saturated carbocycles. The van der Waals surface area contributed by atoms with Crippen molar-refractivity contribution in [3.8, 4) is 0 Å². The molecule has 0 radical (unpaired) electrons. The van der Waals surface area contributed by atoms with Gasteiger partial charge in [-0.2, -0.15) is 0 Å². The van der Waals surface area contributed by atoms with Crippen molar-refractivity contribution in [2.45, 2.75) is 26.7 Å². The Bertz CT molecular complexity index is 524. The molecular weight excluding hydrogens is 227 g/mol. The lowest BCUT2D eigenvalue weighted by atomic mass is 9.77. The molecule has 1 aromatic carbocycles. The van der Waals surface area contributed by atoms with Crippen LogP contribution in [0.4, 0.5) is 4.39 Å². The Kier molecular flexibility index (Phi) is 3.46. The Balaban J connectivity index is 2.20. The SMILES string of the molecule is CC1(C)CC(=O)C=C(C=Cc2ccccc2F)C1. The summed E-state index contributed by atoms with van der Waals surface area (Å²) in [6.07, 6.45) is 6.68. The minimum atomic E-state index is -0.240. The Morgan fingerprint density at radius 1 is 1.17 bits per heavy atom. The van der Waals surface area contributed by atoms with Crippen LogP contribution in [0.3, 0.4) is 0 Å². The van der Waals surface area contributed by atoms with Crippen molar-refractivity contribution in [3.05, 3.63) is 53.4 Å². The van der Waals surface area contributed by atoms with Crippen molar-refractivity contribution in [2.75, 3.05) is 0 Å². The van der Waals surface area contributed by atoms with E-state index < -0.39 is 0 Å². The maximum Gasteiger partial charge on any atom is 0.156 e. The van der Waals surface area contributed by atoms with Gasteiger partial charge in [0.05, 0.1) is 0 Å². The molecule has 94 valence electrons. The van der Waals surface area contributed by atoms with Gasteiger partial charge in [0.2, 0.25) is 0 Å². The first kappa shape index (κ1) is 12.7. The average Bonchev–Trinajstić information content (AvgIpc) is 2.25. The topological polar surface area (TPSA) is 17.1 Å². The number of carbonyl (C=O) groups excluding carboxylic acids is 1. The summed E-state index contributed by atoms with van der Waals surface area (Å²) >= 11 is 0. The van der Waals surface area contributed by atoms with E-state index in [0.29, 0.717) is 12.0 Å². The van der Waals surface area contributed by atoms with E-state index in [2.05, 4.69) is 13.8 Å². The fourth-order valence-corrected chi connectivity index (χ4v) is 2.31. The van der Waals surface area contributed by atoms with Crippen LogP contribution in [-0.4, -0.2) is 5.78 Å². The Morgan fingerprint density at radius 2 is 1.89 bits per heavy atom. The van der Waals surface area contributed by atoms with E-state index in [1.807, 2.05) is 6.08 Å². The van der Waals surface area contributed by atoms with Crippen LogP contribution in [0, 0.1) is 11.2 Å². The van der Waals surface area contributed by atoms with Gasteiger partial charge in [0.15, 0.2) is 5.78 Å². The zero-order chi connectivity index (χ0) is 13.2. The zero-order valence-corrected chi connectivity index (χ0v) is 10.7. The monoisotopic (exact) mass is 244 g/mol. The molecule has 0 fully saturated rings. The third-order valence-corrected chi connectivity index (χ3v) is 3.06. The standard InChI is InChI=1S/C16H17FO/c1-16(2)10-12(9-14(18)11-16)7-8-13-5-3-4-6-15(13)17/h3-9H,10-11H2,1-2H3. The van der Waals surface area contributed by atoms with Crippen LogP contribution in [0.2, 0.25) is 0 Å². The highest BCUT2D eigenvalue weighted by Crippen LogP contribution is 2.34. The van der Waals surface area contributed by atoms with Gasteiger partial charge in [-0.25, -0.2) is 4.39 Å². The number of allylic oxidation sites excluding steroid dienone is 3. The fraction of sp³-hybridized carbons (Fsp3) is 0.312. The van der Waals surface area contributed by atoms with E-state index in [0.717, 1.165) is 12.0 Å². The van der Waals surface area contributed by atoms with Crippen LogP contribution in [0.5, 0.6) is 0 Å². The molecule has 0 saturated heterocycles. The molecule has 18 heavy (non-hydrogen) atoms. The molecule has 0 amide bonds. The second kappa shape index (κ2) is 4.89. The number of halogens is 1. The fourth-order valence-electron chi connectivity index (χ4n) is 2.31. The molecule has 1 aliphatic rings. The van der Waals surface area contributed by atoms with Crippen molar-refractivity contribution in [1.82, 2.24) is 0 Å². The van der Waals surface area contributed by atoms with Crippen molar-refractivity contribution >= 4 is 11.9 Å². The van der Waals surface area contributed by atoms with Gasteiger partial charge in [0, 0.05) is 12.0 Å². The van der Waals surface area contributed by atoms with E-state index in [1.165, 1.54) is 6.07 Å². The third kappa shape index (κ3) is 3.16. The minimum absolute atomic E-state index is 0.000733. The molecule has 1 aromatic rings. The predicted molar refractivity (Wildman–Crippen MR) is 71.5 cm³/mol. The van der Waals surface area contributed by atoms with Gasteiger partial charge in [-0.15, -0.1) is 0 Å². The van der Waals surface area contributed by atoms with Crippen LogP contribution in [0.1, 0.15) is 32.3 Å². The quantitative estimate of drug-likeness (QED) is 0.763. The third-order valence-electron chi connectivity index (χ3n) is 3.06. The normalized spacial score (nSPS) is 19.1. The highest BCUT2D eigenvalue weighted by Gasteiger charge is 2.26. The molecule has 1 aliphatic carbocycles. The summed E-state index contributed by atoms with van der Waals surface area (Å²) in [6.45, 7) is 4.16. The lowest BCUT2D eigenvalue weighted by Crippen LogP contribution is -2.21. The van der Waals surface area contributed by atoms with Crippen molar-refractivity contribution in [2.24, 2.45) is 5.41 Å². The molecule has 1 nitrogen and oxygen atoms in total. The van der Waals surface area contributed by atoms with Gasteiger partial charge in [-0.3, -0.25) is 4.79 Å². The molecule has 0 heterocycles. The Hall–Kier alpha value is -1.70. The van der Waals surface area contributed by atoms with Gasteiger partial charge in [-0.1, -0.05) is 44.2 Å². The first-order valence-corrected chi connectivity index (χ1v) is 6.12. The second-order valence-corrected chi connectivity index (χ2v) is 5.56. The van der Waals surface area contributed by atoms with E-state index in [1.54, 1.807) is 30.4 Å². The number of carbonyl (C=O) groups is 1. The molecule has 0 spiro atoms. The number of hydrogen-bond acceptors (Lipinski definition) is 1. The molecule has 0 N–H and O–H groups in total. The number of rotatable bonds is 2. The van der Waals surface area contributed by atoms with Crippen LogP contribution in [0.15, 0.2) is 42.0 Å². The molecule has 2 heteroatoms. The lowest BCUT2D eigenvalue weighted by Gasteiger charge is -2.27. The van der Waals surface area contributed by atoms with Crippen LogP contribution in [-0.2, 0) is 4.79 Å². The first-order valence-electron chi connectivity index (χ1n) is 6.12. The zero-order valence-electron chi connectivity index (χ0n) is 10.7. The predicted octanol–water partition coefficient (Wildman–Crippen LogP) is 4.15. The minimum Gasteiger partial charge on any atom is -0.295 e. The van der Waals surface area contributed by atoms with Crippen LogP contribution in [0.25, 0.3) is 6.08 Å². The summed E-state index contributed by atoms with van der Waals surface area (Å²) in [5, 5.41) is 0. The Morgan fingerprint density at radius 3 is 2.56 bits per heavy atom. The Labute approximate surface area is 107 Å². The largest absolute Gasteiger partial charge is 0.295 e. The number of benzene rings is 1. The molecule has 2 rings (SSSR count). The summed E-state index contributed by atoms with van der Waals surface area (Å²) in [7, 11) is 0. The summed E-state index contributed by atoms with van der Waals surface area (Å²) in [5.74, 6) is -0.0878. The van der Waals surface area contributed by atoms with Crippen molar-refractivity contribution in [1.29, 1.82) is 0 Å². The molecule has 0 bridgehead atoms. The van der Waals surface area contributed by atoms with E-state index in [-0.39, 0.29) is 17.0 Å². The second-order valence-electron chi connectivity index (χ2n) is 5.56. The van der Waals surface area contributed by atoms with Crippen molar-refractivity contribution < 1.29 is 9.18 Å². The van der Waals surface area contributed by atoms with Crippen molar-refractivity contribution in [3.63, 3.8) is 0 Å². The smallest absolute Gasteiger partial charge is 0.156 e. The summed E-state index contributed by atoms with van der Waals surface area (Å²) in [5.41, 5.74) is 1.52. The summed E-state index contributed by atoms with van der Waals surface area (Å²) in [6, 6.07) is 6.62. The first-order chi connectivity index (χ1) is 8.46. The average molecular weight is 244 g/mol. The molecule has 0 aromatic heterocycles. The van der Waals surface area contributed by atoms with E-state index in [9.17, 15) is 9.18 Å². The highest BCUT2D eigenvalue weighted by atomic mass is 19.1. The van der Waals surface area contributed by atoms with Gasteiger partial charge in [-0.05, 0) is 29.6 Å². The maximum atomic E-state index is 13.4. The maximum absolute atomic E-state index is 13.4. The number of hydrogen-bond donors (Lipinski definition) is 0. The molecule has 0 aliphatic heterocycles. The highest BCUT2D eigenvalue weighted by molar-refractivity contribution is 5.92. The summed E-state index contributed by atoms with van der Waals surface area (Å²) < 4.78 is 13.4. The molecule has 0 unspecified atom stereocenters. The van der Waals surface area contributed by atoms with E-state index in [4.69, 9.17) is 0 Å².